The molecule has 0 bridgehead atoms. The second-order valence-electron chi connectivity index (χ2n) is 3.53. The van der Waals surface area contributed by atoms with Gasteiger partial charge in [0.05, 0.1) is 13.2 Å². The van der Waals surface area contributed by atoms with E-state index in [4.69, 9.17) is 30.7 Å². The van der Waals surface area contributed by atoms with Crippen molar-refractivity contribution in [2.24, 2.45) is 0 Å². The van der Waals surface area contributed by atoms with Crippen molar-refractivity contribution in [2.75, 3.05) is 13.2 Å². The zero-order valence-electron chi connectivity index (χ0n) is 8.41. The molecule has 0 aromatic carbocycles. The Bertz CT molecular complexity index is 218. The van der Waals surface area contributed by atoms with Crippen LogP contribution in [0.5, 0.6) is 0 Å². The molecular weight excluding hydrogens is 236 g/mol. The fourth-order valence-electron chi connectivity index (χ4n) is 1.44. The molecular formula is C9H18O2S3. The van der Waals surface area contributed by atoms with E-state index in [1.807, 2.05) is 0 Å². The van der Waals surface area contributed by atoms with E-state index >= 15 is 0 Å². The maximum absolute atomic E-state index is 5.39. The van der Waals surface area contributed by atoms with Crippen molar-refractivity contribution < 1.29 is 8.37 Å². The van der Waals surface area contributed by atoms with Crippen LogP contribution < -0.4 is 0 Å². The van der Waals surface area contributed by atoms with Crippen LogP contribution >= 0.6 is 0 Å². The van der Waals surface area contributed by atoms with Crippen LogP contribution in [0, 0.1) is 0 Å². The summed E-state index contributed by atoms with van der Waals surface area (Å²) < 4.78 is 10.8. The van der Waals surface area contributed by atoms with Crippen LogP contribution in [0.3, 0.4) is 0 Å². The van der Waals surface area contributed by atoms with Crippen molar-refractivity contribution in [3.63, 3.8) is 0 Å². The van der Waals surface area contributed by atoms with E-state index < -0.39 is 7.71 Å². The Labute approximate surface area is 96.6 Å². The summed E-state index contributed by atoms with van der Waals surface area (Å²) in [7, 11) is -2.04. The summed E-state index contributed by atoms with van der Waals surface area (Å²) in [5.41, 5.74) is 0. The summed E-state index contributed by atoms with van der Waals surface area (Å²) in [4.78, 5) is 0. The monoisotopic (exact) mass is 254 g/mol. The van der Waals surface area contributed by atoms with Gasteiger partial charge in [-0.15, -0.1) is 0 Å². The average molecular weight is 254 g/mol. The molecule has 14 heavy (non-hydrogen) atoms. The molecule has 1 saturated heterocycles. The molecule has 1 rings (SSSR count). The lowest BCUT2D eigenvalue weighted by atomic mass is 10.1. The van der Waals surface area contributed by atoms with Gasteiger partial charge in [0.15, 0.2) is 0 Å². The average Bonchev–Trinajstić information content (AvgIpc) is 2.11. The van der Waals surface area contributed by atoms with Crippen LogP contribution in [0.4, 0.5) is 0 Å². The summed E-state index contributed by atoms with van der Waals surface area (Å²) >= 11 is 10.2. The molecule has 1 fully saturated rings. The summed E-state index contributed by atoms with van der Waals surface area (Å²) in [5, 5.41) is 0. The molecule has 5 heteroatoms. The van der Waals surface area contributed by atoms with Crippen LogP contribution in [-0.2, 0) is 38.5 Å². The molecule has 0 aromatic rings. The molecule has 2 nitrogen and oxygen atoms in total. The standard InChI is InChI=1S/C9H18O2S3/c12-14(13)10-8-6-4-2-1-3-5-7-9-11-14/h1-9H2. The topological polar surface area (TPSA) is 18.5 Å². The van der Waals surface area contributed by atoms with Gasteiger partial charge in [0.25, 0.3) is 0 Å². The zero-order chi connectivity index (χ0) is 10.3. The molecule has 0 radical (unpaired) electrons. The van der Waals surface area contributed by atoms with E-state index in [2.05, 4.69) is 0 Å². The van der Waals surface area contributed by atoms with Crippen LogP contribution in [-0.4, -0.2) is 13.2 Å². The minimum Gasteiger partial charge on any atom is -0.290 e. The molecule has 1 heterocycles. The Morgan fingerprint density at radius 1 is 0.643 bits per heavy atom. The minimum absolute atomic E-state index is 0.669. The molecule has 0 saturated carbocycles. The van der Waals surface area contributed by atoms with Gasteiger partial charge in [-0.25, -0.2) is 0 Å². The molecule has 1 aliphatic rings. The highest BCUT2D eigenvalue weighted by atomic mass is 33.1. The highest BCUT2D eigenvalue weighted by Crippen LogP contribution is 2.11. The van der Waals surface area contributed by atoms with Gasteiger partial charge in [0.2, 0.25) is 0 Å². The maximum atomic E-state index is 5.39. The van der Waals surface area contributed by atoms with Gasteiger partial charge in [0, 0.05) is 22.4 Å². The van der Waals surface area contributed by atoms with E-state index in [-0.39, 0.29) is 0 Å². The predicted molar refractivity (Wildman–Crippen MR) is 66.3 cm³/mol. The molecule has 0 aromatic heterocycles. The van der Waals surface area contributed by atoms with Crippen molar-refractivity contribution >= 4 is 30.1 Å². The van der Waals surface area contributed by atoms with Gasteiger partial charge >= 0.3 is 0 Å². The van der Waals surface area contributed by atoms with E-state index in [1.54, 1.807) is 0 Å². The predicted octanol–water partition coefficient (Wildman–Crippen LogP) is 2.67. The fraction of sp³-hybridized carbons (Fsp3) is 1.00. The minimum atomic E-state index is -2.04. The van der Waals surface area contributed by atoms with E-state index in [0.29, 0.717) is 13.2 Å². The zero-order valence-corrected chi connectivity index (χ0v) is 10.9. The lowest BCUT2D eigenvalue weighted by Crippen LogP contribution is -2.10. The Kier molecular flexibility index (Phi) is 6.45. The van der Waals surface area contributed by atoms with Crippen LogP contribution in [0.25, 0.3) is 0 Å². The number of hydrogen-bond acceptors (Lipinski definition) is 4. The first-order valence-corrected chi connectivity index (χ1v) is 8.58. The summed E-state index contributed by atoms with van der Waals surface area (Å²) in [6, 6.07) is 0. The highest BCUT2D eigenvalue weighted by Gasteiger charge is 2.04. The lowest BCUT2D eigenvalue weighted by molar-refractivity contribution is 0.261. The smallest absolute Gasteiger partial charge is 0.137 e. The third-order valence-corrected chi connectivity index (χ3v) is 4.31. The molecule has 1 aliphatic heterocycles. The quantitative estimate of drug-likeness (QED) is 0.661. The van der Waals surface area contributed by atoms with Crippen LogP contribution in [0.15, 0.2) is 0 Å². The largest absolute Gasteiger partial charge is 0.290 e. The molecule has 84 valence electrons. The summed E-state index contributed by atoms with van der Waals surface area (Å²) in [6.07, 6.45) is 8.51. The van der Waals surface area contributed by atoms with E-state index in [1.165, 1.54) is 32.1 Å². The lowest BCUT2D eigenvalue weighted by Gasteiger charge is -2.12. The first-order valence-electron chi connectivity index (χ1n) is 5.24. The summed E-state index contributed by atoms with van der Waals surface area (Å²) in [6.45, 7) is 1.34. The number of hydrogen-bond donors (Lipinski definition) is 0. The van der Waals surface area contributed by atoms with Gasteiger partial charge in [-0.1, -0.05) is 32.1 Å². The SMILES string of the molecule is S=S1(=S)OCCCCCCCCCO1. The Morgan fingerprint density at radius 2 is 1.00 bits per heavy atom. The molecule has 0 amide bonds. The third-order valence-electron chi connectivity index (χ3n) is 2.24. The van der Waals surface area contributed by atoms with Crippen molar-refractivity contribution in [2.45, 2.75) is 44.9 Å². The molecule has 0 atom stereocenters. The molecule has 0 unspecified atom stereocenters. The fourth-order valence-corrected chi connectivity index (χ4v) is 2.97. The van der Waals surface area contributed by atoms with E-state index in [0.717, 1.165) is 12.8 Å². The van der Waals surface area contributed by atoms with Gasteiger partial charge in [0.1, 0.15) is 7.71 Å². The van der Waals surface area contributed by atoms with Crippen molar-refractivity contribution in [1.82, 2.24) is 0 Å². The second-order valence-corrected chi connectivity index (χ2v) is 8.08. The van der Waals surface area contributed by atoms with E-state index in [9.17, 15) is 0 Å². The third kappa shape index (κ3) is 6.24. The van der Waals surface area contributed by atoms with Crippen molar-refractivity contribution in [1.29, 1.82) is 0 Å². The maximum Gasteiger partial charge on any atom is 0.137 e. The van der Waals surface area contributed by atoms with Crippen LogP contribution in [0.1, 0.15) is 44.9 Å². The Balaban J connectivity index is 2.32. The van der Waals surface area contributed by atoms with Crippen molar-refractivity contribution in [3.8, 4) is 0 Å². The number of rotatable bonds is 0. The van der Waals surface area contributed by atoms with Gasteiger partial charge in [-0.2, -0.15) is 0 Å². The van der Waals surface area contributed by atoms with Gasteiger partial charge < -0.3 is 0 Å². The molecule has 0 aliphatic carbocycles. The van der Waals surface area contributed by atoms with Crippen LogP contribution in [0.2, 0.25) is 0 Å². The summed E-state index contributed by atoms with van der Waals surface area (Å²) in [5.74, 6) is 0. The molecule has 0 N–H and O–H groups in total. The Hall–Kier alpha value is 0.710. The first-order chi connectivity index (χ1) is 6.71. The van der Waals surface area contributed by atoms with Gasteiger partial charge in [-0.3, -0.25) is 8.37 Å². The Morgan fingerprint density at radius 3 is 1.43 bits per heavy atom. The normalized spacial score (nSPS) is 26.0. The van der Waals surface area contributed by atoms with Gasteiger partial charge in [-0.05, 0) is 12.8 Å². The second kappa shape index (κ2) is 7.06. The first kappa shape index (κ1) is 12.8. The molecule has 0 spiro atoms. The highest BCUT2D eigenvalue weighted by molar-refractivity contribution is 8.51. The van der Waals surface area contributed by atoms with Crippen molar-refractivity contribution in [3.05, 3.63) is 0 Å².